The third-order valence-electron chi connectivity index (χ3n) is 3.19. The number of nitrogens with zero attached hydrogens (tertiary/aromatic N) is 1. The predicted molar refractivity (Wildman–Crippen MR) is 97.5 cm³/mol. The topological polar surface area (TPSA) is 93.5 Å². The molecule has 0 radical (unpaired) electrons. The lowest BCUT2D eigenvalue weighted by molar-refractivity contribution is -0.384. The Morgan fingerprint density at radius 2 is 1.96 bits per heavy atom. The molecule has 0 unspecified atom stereocenters. The largest absolute Gasteiger partial charge is 0.450 e. The van der Waals surface area contributed by atoms with E-state index in [-0.39, 0.29) is 18.0 Å². The smallest absolute Gasteiger partial charge is 0.411 e. The Balaban J connectivity index is 2.13. The van der Waals surface area contributed by atoms with Crippen molar-refractivity contribution < 1.29 is 14.5 Å². The monoisotopic (exact) mass is 383 g/mol. The zero-order valence-electron chi connectivity index (χ0n) is 13.2. The molecule has 2 aromatic rings. The first kappa shape index (κ1) is 18.8. The fourth-order valence-electron chi connectivity index (χ4n) is 2.03. The molecule has 7 nitrogen and oxygen atoms in total. The Labute approximate surface area is 154 Å². The summed E-state index contributed by atoms with van der Waals surface area (Å²) in [7, 11) is 0. The molecule has 2 rings (SSSR count). The highest BCUT2D eigenvalue weighted by molar-refractivity contribution is 6.42. The summed E-state index contributed by atoms with van der Waals surface area (Å²) >= 11 is 11.8. The number of rotatable bonds is 6. The molecule has 0 heterocycles. The van der Waals surface area contributed by atoms with Crippen molar-refractivity contribution in [3.05, 3.63) is 62.1 Å². The molecule has 0 fully saturated rings. The summed E-state index contributed by atoms with van der Waals surface area (Å²) in [6.45, 7) is 2.15. The average Bonchev–Trinajstić information content (AvgIpc) is 2.57. The second-order valence-corrected chi connectivity index (χ2v) is 5.75. The number of nitrogens with one attached hydrogen (secondary N) is 2. The highest BCUT2D eigenvalue weighted by atomic mass is 35.5. The number of anilines is 2. The van der Waals surface area contributed by atoms with Gasteiger partial charge in [0.1, 0.15) is 5.69 Å². The van der Waals surface area contributed by atoms with E-state index in [0.717, 1.165) is 5.69 Å². The van der Waals surface area contributed by atoms with Crippen molar-refractivity contribution in [2.75, 3.05) is 17.2 Å². The molecule has 0 saturated heterocycles. The van der Waals surface area contributed by atoms with Crippen LogP contribution in [0.2, 0.25) is 10.0 Å². The van der Waals surface area contributed by atoms with Gasteiger partial charge in [0.05, 0.1) is 21.6 Å². The van der Waals surface area contributed by atoms with Crippen LogP contribution in [-0.2, 0) is 11.3 Å². The highest BCUT2D eigenvalue weighted by Gasteiger charge is 2.17. The Morgan fingerprint density at radius 1 is 1.20 bits per heavy atom. The first-order chi connectivity index (χ1) is 11.9. The molecule has 0 aliphatic rings. The molecule has 2 aromatic carbocycles. The molecule has 0 spiro atoms. The summed E-state index contributed by atoms with van der Waals surface area (Å²) in [6.07, 6.45) is -0.743. The maximum Gasteiger partial charge on any atom is 0.411 e. The van der Waals surface area contributed by atoms with Gasteiger partial charge in [0.2, 0.25) is 0 Å². The Hall–Kier alpha value is -2.51. The van der Waals surface area contributed by atoms with Gasteiger partial charge in [-0.25, -0.2) is 4.79 Å². The quantitative estimate of drug-likeness (QED) is 0.535. The molecule has 0 atom stereocenters. The summed E-state index contributed by atoms with van der Waals surface area (Å²) in [4.78, 5) is 22.1. The minimum Gasteiger partial charge on any atom is -0.450 e. The second-order valence-electron chi connectivity index (χ2n) is 4.94. The van der Waals surface area contributed by atoms with Gasteiger partial charge in [-0.05, 0) is 36.8 Å². The Bertz CT molecular complexity index is 799. The molecular weight excluding hydrogens is 369 g/mol. The molecule has 9 heteroatoms. The number of halogens is 2. The van der Waals surface area contributed by atoms with E-state index in [0.29, 0.717) is 22.2 Å². The molecule has 1 amide bonds. The van der Waals surface area contributed by atoms with E-state index in [1.807, 2.05) is 0 Å². The Kier molecular flexibility index (Phi) is 6.44. The number of carbonyl (C=O) groups is 1. The third kappa shape index (κ3) is 5.23. The predicted octanol–water partition coefficient (Wildman–Crippen LogP) is 5.08. The SMILES string of the molecule is CCOC(=O)Nc1ccc(CNc2ccc(Cl)c(Cl)c2)cc1[N+](=O)[O-]. The maximum absolute atomic E-state index is 11.5. The second kappa shape index (κ2) is 8.55. The van der Waals surface area contributed by atoms with Crippen LogP contribution in [0.25, 0.3) is 0 Å². The fraction of sp³-hybridized carbons (Fsp3) is 0.188. The van der Waals surface area contributed by atoms with Crippen LogP contribution < -0.4 is 10.6 Å². The zero-order chi connectivity index (χ0) is 18.4. The summed E-state index contributed by atoms with van der Waals surface area (Å²) in [5.41, 5.74) is 1.24. The number of benzene rings is 2. The van der Waals surface area contributed by atoms with Gasteiger partial charge in [0, 0.05) is 18.3 Å². The van der Waals surface area contributed by atoms with Crippen molar-refractivity contribution in [1.82, 2.24) is 0 Å². The number of amides is 1. The van der Waals surface area contributed by atoms with Crippen LogP contribution in [0, 0.1) is 10.1 Å². The van der Waals surface area contributed by atoms with E-state index in [4.69, 9.17) is 27.9 Å². The normalized spacial score (nSPS) is 10.2. The lowest BCUT2D eigenvalue weighted by atomic mass is 10.1. The summed E-state index contributed by atoms with van der Waals surface area (Å²) < 4.78 is 4.73. The van der Waals surface area contributed by atoms with E-state index >= 15 is 0 Å². The van der Waals surface area contributed by atoms with E-state index in [1.165, 1.54) is 12.1 Å². The van der Waals surface area contributed by atoms with E-state index in [2.05, 4.69) is 10.6 Å². The van der Waals surface area contributed by atoms with E-state index < -0.39 is 11.0 Å². The molecule has 25 heavy (non-hydrogen) atoms. The number of carbonyl (C=O) groups excluding carboxylic acids is 1. The number of nitro groups is 1. The maximum atomic E-state index is 11.5. The molecule has 0 aliphatic carbocycles. The van der Waals surface area contributed by atoms with Crippen LogP contribution in [0.15, 0.2) is 36.4 Å². The third-order valence-corrected chi connectivity index (χ3v) is 3.93. The first-order valence-corrected chi connectivity index (χ1v) is 8.06. The van der Waals surface area contributed by atoms with Gasteiger partial charge in [0.15, 0.2) is 0 Å². The van der Waals surface area contributed by atoms with Crippen molar-refractivity contribution >= 4 is 46.4 Å². The molecule has 0 aromatic heterocycles. The summed E-state index contributed by atoms with van der Waals surface area (Å²) in [6, 6.07) is 9.57. The summed E-state index contributed by atoms with van der Waals surface area (Å²) in [5.74, 6) is 0. The van der Waals surface area contributed by atoms with Gasteiger partial charge in [-0.2, -0.15) is 0 Å². The van der Waals surface area contributed by atoms with E-state index in [1.54, 1.807) is 31.2 Å². The molecule has 0 aliphatic heterocycles. The standard InChI is InChI=1S/C16H15Cl2N3O4/c1-2-25-16(22)20-14-6-3-10(7-15(14)21(23)24)9-19-11-4-5-12(17)13(18)8-11/h3-8,19H,2,9H2,1H3,(H,20,22). The number of hydrogen-bond acceptors (Lipinski definition) is 5. The number of ether oxygens (including phenoxy) is 1. The van der Waals surface area contributed by atoms with Crippen LogP contribution in [0.4, 0.5) is 21.9 Å². The number of hydrogen-bond donors (Lipinski definition) is 2. The first-order valence-electron chi connectivity index (χ1n) is 7.30. The van der Waals surface area contributed by atoms with Crippen molar-refractivity contribution in [3.8, 4) is 0 Å². The molecule has 0 saturated carbocycles. The van der Waals surface area contributed by atoms with Crippen LogP contribution in [0.1, 0.15) is 12.5 Å². The van der Waals surface area contributed by atoms with Crippen molar-refractivity contribution in [2.45, 2.75) is 13.5 Å². The lowest BCUT2D eigenvalue weighted by Crippen LogP contribution is -2.14. The van der Waals surface area contributed by atoms with E-state index in [9.17, 15) is 14.9 Å². The molecular formula is C16H15Cl2N3O4. The van der Waals surface area contributed by atoms with Gasteiger partial charge in [-0.15, -0.1) is 0 Å². The van der Waals surface area contributed by atoms with Gasteiger partial charge in [-0.3, -0.25) is 15.4 Å². The van der Waals surface area contributed by atoms with Gasteiger partial charge >= 0.3 is 6.09 Å². The number of nitro benzene ring substituents is 1. The lowest BCUT2D eigenvalue weighted by Gasteiger charge is -2.10. The van der Waals surface area contributed by atoms with Crippen LogP contribution in [0.5, 0.6) is 0 Å². The van der Waals surface area contributed by atoms with Crippen molar-refractivity contribution in [1.29, 1.82) is 0 Å². The van der Waals surface area contributed by atoms with Crippen LogP contribution >= 0.6 is 23.2 Å². The average molecular weight is 384 g/mol. The van der Waals surface area contributed by atoms with Crippen LogP contribution in [0.3, 0.4) is 0 Å². The van der Waals surface area contributed by atoms with Gasteiger partial charge in [-0.1, -0.05) is 29.3 Å². The molecule has 132 valence electrons. The van der Waals surface area contributed by atoms with Gasteiger partial charge in [0.25, 0.3) is 5.69 Å². The minimum atomic E-state index is -0.743. The summed E-state index contributed by atoms with van der Waals surface area (Å²) in [5, 5.41) is 17.5. The van der Waals surface area contributed by atoms with Crippen molar-refractivity contribution in [3.63, 3.8) is 0 Å². The van der Waals surface area contributed by atoms with Crippen LogP contribution in [-0.4, -0.2) is 17.6 Å². The highest BCUT2D eigenvalue weighted by Crippen LogP contribution is 2.28. The minimum absolute atomic E-state index is 0.0711. The molecule has 2 N–H and O–H groups in total. The Morgan fingerprint density at radius 3 is 2.60 bits per heavy atom. The zero-order valence-corrected chi connectivity index (χ0v) is 14.7. The van der Waals surface area contributed by atoms with Gasteiger partial charge < -0.3 is 10.1 Å². The fourth-order valence-corrected chi connectivity index (χ4v) is 2.33. The molecule has 0 bridgehead atoms. The van der Waals surface area contributed by atoms with Crippen molar-refractivity contribution in [2.24, 2.45) is 0 Å².